The summed E-state index contributed by atoms with van der Waals surface area (Å²) in [6.07, 6.45) is -0.0185. The molecular formula is C12H17N3O4. The fourth-order valence-electron chi connectivity index (χ4n) is 2.32. The Hall–Kier alpha value is -1.89. The number of aliphatic carboxylic acids is 1. The molecule has 19 heavy (non-hydrogen) atoms. The zero-order chi connectivity index (χ0) is 14.2. The Morgan fingerprint density at radius 1 is 1.53 bits per heavy atom. The van der Waals surface area contributed by atoms with E-state index in [1.807, 2.05) is 6.92 Å². The van der Waals surface area contributed by atoms with E-state index in [9.17, 15) is 14.7 Å². The number of hydrogen-bond donors (Lipinski definition) is 2. The van der Waals surface area contributed by atoms with Gasteiger partial charge in [0.25, 0.3) is 5.91 Å². The molecule has 0 aliphatic carbocycles. The summed E-state index contributed by atoms with van der Waals surface area (Å²) in [5.41, 5.74) is 1.12. The lowest BCUT2D eigenvalue weighted by Gasteiger charge is -2.20. The molecule has 0 aromatic carbocycles. The van der Waals surface area contributed by atoms with Gasteiger partial charge in [-0.3, -0.25) is 9.48 Å². The van der Waals surface area contributed by atoms with Crippen molar-refractivity contribution in [3.63, 3.8) is 0 Å². The summed E-state index contributed by atoms with van der Waals surface area (Å²) in [6, 6.07) is 0.689. The number of carbonyl (C=O) groups excluding carboxylic acids is 1. The summed E-state index contributed by atoms with van der Waals surface area (Å²) in [4.78, 5) is 24.7. The fraction of sp³-hybridized carbons (Fsp3) is 0.583. The number of carbonyl (C=O) groups is 2. The number of nitrogens with zero attached hydrogens (tertiary/aromatic N) is 3. The number of aromatic nitrogens is 2. The van der Waals surface area contributed by atoms with Gasteiger partial charge in [-0.25, -0.2) is 4.79 Å². The van der Waals surface area contributed by atoms with E-state index in [0.717, 1.165) is 5.69 Å². The fourth-order valence-corrected chi connectivity index (χ4v) is 2.32. The van der Waals surface area contributed by atoms with E-state index in [0.29, 0.717) is 12.1 Å². The topological polar surface area (TPSA) is 95.7 Å². The number of aryl methyl sites for hydroxylation is 2. The first-order chi connectivity index (χ1) is 8.93. The van der Waals surface area contributed by atoms with Gasteiger partial charge < -0.3 is 15.1 Å². The van der Waals surface area contributed by atoms with Crippen LogP contribution in [0.15, 0.2) is 6.07 Å². The van der Waals surface area contributed by atoms with Gasteiger partial charge in [0.1, 0.15) is 11.7 Å². The Morgan fingerprint density at radius 2 is 2.21 bits per heavy atom. The Morgan fingerprint density at radius 3 is 2.74 bits per heavy atom. The molecule has 2 atom stereocenters. The van der Waals surface area contributed by atoms with Gasteiger partial charge in [0.05, 0.1) is 11.8 Å². The molecule has 2 N–H and O–H groups in total. The molecule has 1 aromatic heterocycles. The van der Waals surface area contributed by atoms with Crippen molar-refractivity contribution in [2.75, 3.05) is 6.54 Å². The van der Waals surface area contributed by atoms with E-state index in [1.165, 1.54) is 9.58 Å². The van der Waals surface area contributed by atoms with E-state index in [4.69, 9.17) is 5.11 Å². The second-order valence-corrected chi connectivity index (χ2v) is 4.70. The normalized spacial score (nSPS) is 22.8. The molecule has 2 unspecified atom stereocenters. The SMILES string of the molecule is CCc1cc(C(=O)N2CC(O)CC2C(=O)O)n(C)n1. The Balaban J connectivity index is 2.27. The second kappa shape index (κ2) is 5.00. The van der Waals surface area contributed by atoms with Gasteiger partial charge in [-0.1, -0.05) is 6.92 Å². The molecular weight excluding hydrogens is 250 g/mol. The third-order valence-corrected chi connectivity index (χ3v) is 3.34. The maximum absolute atomic E-state index is 12.3. The molecule has 0 saturated carbocycles. The van der Waals surface area contributed by atoms with Crippen LogP contribution in [0.5, 0.6) is 0 Å². The van der Waals surface area contributed by atoms with Crippen molar-refractivity contribution in [2.24, 2.45) is 7.05 Å². The molecule has 104 valence electrons. The predicted molar refractivity (Wildman–Crippen MR) is 65.7 cm³/mol. The van der Waals surface area contributed by atoms with E-state index >= 15 is 0 Å². The van der Waals surface area contributed by atoms with Crippen LogP contribution in [0.4, 0.5) is 0 Å². The highest BCUT2D eigenvalue weighted by Crippen LogP contribution is 2.21. The Kier molecular flexibility index (Phi) is 3.57. The van der Waals surface area contributed by atoms with Crippen molar-refractivity contribution in [1.82, 2.24) is 14.7 Å². The molecule has 1 fully saturated rings. The molecule has 1 aliphatic rings. The van der Waals surface area contributed by atoms with Crippen LogP contribution in [0.3, 0.4) is 0 Å². The number of aliphatic hydroxyl groups excluding tert-OH is 1. The van der Waals surface area contributed by atoms with E-state index < -0.39 is 24.0 Å². The summed E-state index contributed by atoms with van der Waals surface area (Å²) in [7, 11) is 1.65. The van der Waals surface area contributed by atoms with Gasteiger partial charge >= 0.3 is 5.97 Å². The summed E-state index contributed by atoms with van der Waals surface area (Å²) in [5, 5.41) is 22.8. The first-order valence-electron chi connectivity index (χ1n) is 6.18. The second-order valence-electron chi connectivity index (χ2n) is 4.70. The van der Waals surface area contributed by atoms with Crippen molar-refractivity contribution in [3.8, 4) is 0 Å². The summed E-state index contributed by atoms with van der Waals surface area (Å²) in [6.45, 7) is 1.97. The minimum atomic E-state index is -1.09. The zero-order valence-corrected chi connectivity index (χ0v) is 10.9. The lowest BCUT2D eigenvalue weighted by molar-refractivity contribution is -0.141. The van der Waals surface area contributed by atoms with Gasteiger partial charge in [-0.2, -0.15) is 5.10 Å². The first-order valence-corrected chi connectivity index (χ1v) is 6.18. The molecule has 0 spiro atoms. The molecule has 2 heterocycles. The van der Waals surface area contributed by atoms with Gasteiger partial charge in [-0.15, -0.1) is 0 Å². The van der Waals surface area contributed by atoms with Crippen molar-refractivity contribution in [3.05, 3.63) is 17.5 Å². The van der Waals surface area contributed by atoms with Crippen LogP contribution in [0.25, 0.3) is 0 Å². The van der Waals surface area contributed by atoms with Gasteiger partial charge in [0, 0.05) is 20.0 Å². The number of carboxylic acids is 1. The van der Waals surface area contributed by atoms with Crippen molar-refractivity contribution >= 4 is 11.9 Å². The highest BCUT2D eigenvalue weighted by molar-refractivity contribution is 5.95. The van der Waals surface area contributed by atoms with Gasteiger partial charge in [0.2, 0.25) is 0 Å². The smallest absolute Gasteiger partial charge is 0.326 e. The average molecular weight is 267 g/mol. The van der Waals surface area contributed by atoms with Gasteiger partial charge in [-0.05, 0) is 12.5 Å². The molecule has 1 amide bonds. The highest BCUT2D eigenvalue weighted by atomic mass is 16.4. The van der Waals surface area contributed by atoms with Crippen LogP contribution >= 0.6 is 0 Å². The minimum Gasteiger partial charge on any atom is -0.480 e. The maximum atomic E-state index is 12.3. The zero-order valence-electron chi connectivity index (χ0n) is 10.9. The number of rotatable bonds is 3. The third-order valence-electron chi connectivity index (χ3n) is 3.34. The van der Waals surface area contributed by atoms with Crippen LogP contribution in [0, 0.1) is 0 Å². The molecule has 2 rings (SSSR count). The molecule has 7 heteroatoms. The summed E-state index contributed by atoms with van der Waals surface area (Å²) < 4.78 is 1.45. The van der Waals surface area contributed by atoms with E-state index in [2.05, 4.69) is 5.10 Å². The minimum absolute atomic E-state index is 0.0441. The number of hydrogen-bond acceptors (Lipinski definition) is 4. The van der Waals surface area contributed by atoms with E-state index in [1.54, 1.807) is 13.1 Å². The average Bonchev–Trinajstić information content (AvgIpc) is 2.91. The largest absolute Gasteiger partial charge is 0.480 e. The lowest BCUT2D eigenvalue weighted by Crippen LogP contribution is -2.41. The third kappa shape index (κ3) is 2.46. The number of amides is 1. The highest BCUT2D eigenvalue weighted by Gasteiger charge is 2.40. The van der Waals surface area contributed by atoms with E-state index in [-0.39, 0.29) is 13.0 Å². The first kappa shape index (κ1) is 13.5. The molecule has 1 aliphatic heterocycles. The summed E-state index contributed by atoms with van der Waals surface area (Å²) in [5.74, 6) is -1.50. The molecule has 0 radical (unpaired) electrons. The molecule has 7 nitrogen and oxygen atoms in total. The Labute approximate surface area is 110 Å². The number of likely N-dealkylation sites (tertiary alicyclic amines) is 1. The predicted octanol–water partition coefficient (Wildman–Crippen LogP) is -0.357. The van der Waals surface area contributed by atoms with Gasteiger partial charge in [0.15, 0.2) is 0 Å². The van der Waals surface area contributed by atoms with Crippen LogP contribution < -0.4 is 0 Å². The molecule has 1 saturated heterocycles. The standard InChI is InChI=1S/C12H17N3O4/c1-3-7-4-9(14(2)13-7)11(17)15-6-8(16)5-10(15)12(18)19/h4,8,10,16H,3,5-6H2,1-2H3,(H,18,19). The van der Waals surface area contributed by atoms with Crippen LogP contribution in [0.2, 0.25) is 0 Å². The van der Waals surface area contributed by atoms with Crippen LogP contribution in [0.1, 0.15) is 29.5 Å². The molecule has 1 aromatic rings. The Bertz CT molecular complexity index is 511. The number of aliphatic hydroxyl groups is 1. The lowest BCUT2D eigenvalue weighted by atomic mass is 10.2. The summed E-state index contributed by atoms with van der Waals surface area (Å²) >= 11 is 0. The number of β-amino-alcohol motifs (C(OH)–C–C–N with tert-alkyl or cyclic N) is 1. The van der Waals surface area contributed by atoms with Crippen LogP contribution in [-0.4, -0.2) is 55.5 Å². The monoisotopic (exact) mass is 267 g/mol. The quantitative estimate of drug-likeness (QED) is 0.780. The van der Waals surface area contributed by atoms with Crippen molar-refractivity contribution in [2.45, 2.75) is 31.9 Å². The maximum Gasteiger partial charge on any atom is 0.326 e. The molecule has 0 bridgehead atoms. The van der Waals surface area contributed by atoms with Crippen molar-refractivity contribution < 1.29 is 19.8 Å². The van der Waals surface area contributed by atoms with Crippen molar-refractivity contribution in [1.29, 1.82) is 0 Å². The van der Waals surface area contributed by atoms with Crippen LogP contribution in [-0.2, 0) is 18.3 Å². The number of carboxylic acid groups (broad SMARTS) is 1.